The molecule has 5 heteroatoms. The summed E-state index contributed by atoms with van der Waals surface area (Å²) in [6, 6.07) is 18.2. The lowest BCUT2D eigenvalue weighted by atomic mass is 9.73. The summed E-state index contributed by atoms with van der Waals surface area (Å²) in [5.74, 6) is 1.03. The summed E-state index contributed by atoms with van der Waals surface area (Å²) in [6.45, 7) is 4.85. The summed E-state index contributed by atoms with van der Waals surface area (Å²) in [5.41, 5.74) is 4.05. The SMILES string of the molecule is CC1(C)CC(=O)C2=C(C1)NC1C=NC=CC1NC2c1ccc(OCc2ccccc2)cc1. The summed E-state index contributed by atoms with van der Waals surface area (Å²) in [4.78, 5) is 17.6. The van der Waals surface area contributed by atoms with E-state index in [-0.39, 0.29) is 29.3 Å². The van der Waals surface area contributed by atoms with Gasteiger partial charge in [0.2, 0.25) is 0 Å². The van der Waals surface area contributed by atoms with Gasteiger partial charge in [-0.25, -0.2) is 0 Å². The van der Waals surface area contributed by atoms with Crippen LogP contribution in [0.2, 0.25) is 0 Å². The Kier molecular flexibility index (Phi) is 5.43. The van der Waals surface area contributed by atoms with Crippen LogP contribution in [0.4, 0.5) is 0 Å². The number of fused-ring (bicyclic) bond motifs is 1. The zero-order valence-corrected chi connectivity index (χ0v) is 18.5. The van der Waals surface area contributed by atoms with Gasteiger partial charge >= 0.3 is 0 Å². The van der Waals surface area contributed by atoms with Crippen LogP contribution in [0.3, 0.4) is 0 Å². The summed E-state index contributed by atoms with van der Waals surface area (Å²) in [5, 5.41) is 7.33. The van der Waals surface area contributed by atoms with Gasteiger partial charge in [0.25, 0.3) is 0 Å². The van der Waals surface area contributed by atoms with Gasteiger partial charge in [-0.15, -0.1) is 0 Å². The van der Waals surface area contributed by atoms with E-state index in [0.29, 0.717) is 13.0 Å². The number of rotatable bonds is 4. The maximum absolute atomic E-state index is 13.3. The predicted molar refractivity (Wildman–Crippen MR) is 126 cm³/mol. The molecule has 0 saturated heterocycles. The number of ketones is 1. The van der Waals surface area contributed by atoms with Crippen molar-refractivity contribution < 1.29 is 9.53 Å². The molecular weight excluding hydrogens is 398 g/mol. The Labute approximate surface area is 189 Å². The normalized spacial score (nSPS) is 26.1. The van der Waals surface area contributed by atoms with Gasteiger partial charge in [-0.2, -0.15) is 0 Å². The highest BCUT2D eigenvalue weighted by Gasteiger charge is 2.41. The number of hydrogen-bond acceptors (Lipinski definition) is 5. The number of allylic oxidation sites excluding steroid dienone is 1. The van der Waals surface area contributed by atoms with Crippen molar-refractivity contribution in [3.8, 4) is 5.75 Å². The van der Waals surface area contributed by atoms with Gasteiger partial charge in [0, 0.05) is 30.1 Å². The van der Waals surface area contributed by atoms with Gasteiger partial charge in [0.05, 0.1) is 18.1 Å². The van der Waals surface area contributed by atoms with E-state index in [4.69, 9.17) is 4.74 Å². The van der Waals surface area contributed by atoms with E-state index in [1.165, 1.54) is 0 Å². The van der Waals surface area contributed by atoms with Gasteiger partial charge in [-0.3, -0.25) is 15.1 Å². The van der Waals surface area contributed by atoms with Crippen LogP contribution >= 0.6 is 0 Å². The van der Waals surface area contributed by atoms with Gasteiger partial charge in [-0.1, -0.05) is 56.3 Å². The van der Waals surface area contributed by atoms with Gasteiger partial charge in [0.1, 0.15) is 12.4 Å². The summed E-state index contributed by atoms with van der Waals surface area (Å²) < 4.78 is 5.96. The van der Waals surface area contributed by atoms with Crippen molar-refractivity contribution in [1.82, 2.24) is 10.6 Å². The molecule has 0 radical (unpaired) electrons. The quantitative estimate of drug-likeness (QED) is 0.755. The third kappa shape index (κ3) is 4.26. The zero-order valence-electron chi connectivity index (χ0n) is 18.5. The van der Waals surface area contributed by atoms with Crippen LogP contribution in [0, 0.1) is 5.41 Å². The molecule has 0 bridgehead atoms. The molecule has 0 fully saturated rings. The molecule has 2 N–H and O–H groups in total. The predicted octanol–water partition coefficient (Wildman–Crippen LogP) is 4.48. The molecule has 2 aliphatic heterocycles. The fourth-order valence-corrected chi connectivity index (χ4v) is 4.82. The summed E-state index contributed by atoms with van der Waals surface area (Å²) in [7, 11) is 0. The number of Topliss-reactive ketones (excluding diaryl/α,β-unsaturated/α-hetero) is 1. The molecule has 5 rings (SSSR count). The minimum Gasteiger partial charge on any atom is -0.489 e. The van der Waals surface area contributed by atoms with Gasteiger partial charge in [0.15, 0.2) is 5.78 Å². The second-order valence-electron chi connectivity index (χ2n) is 9.61. The number of ether oxygens (including phenoxy) is 1. The molecule has 2 aromatic rings. The second kappa shape index (κ2) is 8.40. The van der Waals surface area contributed by atoms with Crippen LogP contribution in [0.1, 0.15) is 43.9 Å². The van der Waals surface area contributed by atoms with Gasteiger partial charge < -0.3 is 10.1 Å². The van der Waals surface area contributed by atoms with Crippen molar-refractivity contribution in [3.05, 3.63) is 89.3 Å². The number of nitrogens with one attached hydrogen (secondary N) is 2. The number of carbonyl (C=O) groups excluding carboxylic acids is 1. The molecule has 5 nitrogen and oxygen atoms in total. The zero-order chi connectivity index (χ0) is 22.1. The molecule has 164 valence electrons. The van der Waals surface area contributed by atoms with Crippen molar-refractivity contribution in [1.29, 1.82) is 0 Å². The van der Waals surface area contributed by atoms with E-state index >= 15 is 0 Å². The lowest BCUT2D eigenvalue weighted by Crippen LogP contribution is -2.47. The number of nitrogens with zero attached hydrogens (tertiary/aromatic N) is 1. The Morgan fingerprint density at radius 2 is 1.81 bits per heavy atom. The van der Waals surface area contributed by atoms with Crippen molar-refractivity contribution in [2.24, 2.45) is 10.4 Å². The van der Waals surface area contributed by atoms with E-state index in [1.54, 1.807) is 0 Å². The molecule has 0 aromatic heterocycles. The first-order valence-electron chi connectivity index (χ1n) is 11.2. The van der Waals surface area contributed by atoms with Crippen LogP contribution in [-0.2, 0) is 11.4 Å². The molecular formula is C27H29N3O2. The Morgan fingerprint density at radius 1 is 1.03 bits per heavy atom. The Hall–Kier alpha value is -3.18. The van der Waals surface area contributed by atoms with Crippen molar-refractivity contribution in [3.63, 3.8) is 0 Å². The molecule has 3 aliphatic rings. The van der Waals surface area contributed by atoms with Crippen LogP contribution in [0.25, 0.3) is 0 Å². The number of carbonyl (C=O) groups is 1. The minimum atomic E-state index is -0.171. The molecule has 2 heterocycles. The van der Waals surface area contributed by atoms with Crippen molar-refractivity contribution in [2.45, 2.75) is 51.4 Å². The Balaban J connectivity index is 1.43. The van der Waals surface area contributed by atoms with Crippen LogP contribution in [0.15, 0.2) is 83.1 Å². The largest absolute Gasteiger partial charge is 0.489 e. The fourth-order valence-electron chi connectivity index (χ4n) is 4.82. The van der Waals surface area contributed by atoms with Crippen molar-refractivity contribution in [2.75, 3.05) is 0 Å². The maximum Gasteiger partial charge on any atom is 0.163 e. The first-order chi connectivity index (χ1) is 15.5. The molecule has 1 aliphatic carbocycles. The van der Waals surface area contributed by atoms with Crippen LogP contribution < -0.4 is 15.4 Å². The molecule has 3 unspecified atom stereocenters. The van der Waals surface area contributed by atoms with E-state index in [9.17, 15) is 4.79 Å². The third-order valence-corrected chi connectivity index (χ3v) is 6.38. The van der Waals surface area contributed by atoms with Crippen molar-refractivity contribution >= 4 is 12.0 Å². The highest BCUT2D eigenvalue weighted by atomic mass is 16.5. The standard InChI is InChI=1S/C27H29N3O2/c1-27(2)14-22-25(24(31)15-27)26(30-21-12-13-28-16-23(21)29-22)19-8-10-20(11-9-19)32-17-18-6-4-3-5-7-18/h3-13,16,21,23,26,29-30H,14-15,17H2,1-2H3. The molecule has 0 saturated carbocycles. The third-order valence-electron chi connectivity index (χ3n) is 6.38. The molecule has 2 aromatic carbocycles. The first-order valence-corrected chi connectivity index (χ1v) is 11.2. The second-order valence-corrected chi connectivity index (χ2v) is 9.61. The molecule has 0 spiro atoms. The molecule has 32 heavy (non-hydrogen) atoms. The van der Waals surface area contributed by atoms with E-state index < -0.39 is 0 Å². The number of benzene rings is 2. The van der Waals surface area contributed by atoms with Gasteiger partial charge in [-0.05, 0) is 41.2 Å². The average molecular weight is 428 g/mol. The molecule has 0 amide bonds. The number of hydrogen-bond donors (Lipinski definition) is 2. The fraction of sp³-hybridized carbons (Fsp3) is 0.333. The smallest absolute Gasteiger partial charge is 0.163 e. The van der Waals surface area contributed by atoms with E-state index in [0.717, 1.165) is 34.6 Å². The van der Waals surface area contributed by atoms with E-state index in [1.807, 2.05) is 42.7 Å². The number of aliphatic imine (C=N–C) groups is 1. The lowest BCUT2D eigenvalue weighted by Gasteiger charge is -2.34. The summed E-state index contributed by atoms with van der Waals surface area (Å²) >= 11 is 0. The monoisotopic (exact) mass is 427 g/mol. The highest BCUT2D eigenvalue weighted by molar-refractivity contribution is 5.99. The minimum absolute atomic E-state index is 0.0326. The van der Waals surface area contributed by atoms with Crippen LogP contribution in [0.5, 0.6) is 5.75 Å². The van der Waals surface area contributed by atoms with E-state index in [2.05, 4.69) is 59.8 Å². The lowest BCUT2D eigenvalue weighted by molar-refractivity contribution is -0.118. The average Bonchev–Trinajstić information content (AvgIpc) is 2.94. The highest BCUT2D eigenvalue weighted by Crippen LogP contribution is 2.41. The Morgan fingerprint density at radius 3 is 2.59 bits per heavy atom. The summed E-state index contributed by atoms with van der Waals surface area (Å²) in [6.07, 6.45) is 7.23. The molecule has 3 atom stereocenters. The first kappa shape index (κ1) is 20.7. The van der Waals surface area contributed by atoms with Crippen LogP contribution in [-0.4, -0.2) is 24.1 Å². The Bertz CT molecular complexity index is 1080. The maximum atomic E-state index is 13.3. The topological polar surface area (TPSA) is 62.7 Å².